The zero-order chi connectivity index (χ0) is 12.0. The normalized spacial score (nSPS) is 24.9. The SMILES string of the molecule is CC(C)C1CCN(c2n[nH]c(=S)n2C2CC2)C1. The Morgan fingerprint density at radius 1 is 1.35 bits per heavy atom. The van der Waals surface area contributed by atoms with E-state index in [9.17, 15) is 0 Å². The Hall–Kier alpha value is -0.840. The molecule has 1 saturated carbocycles. The average Bonchev–Trinajstić information content (AvgIpc) is 2.87. The molecule has 1 aliphatic carbocycles. The Bertz CT molecular complexity index is 457. The monoisotopic (exact) mass is 252 g/mol. The van der Waals surface area contributed by atoms with Crippen LogP contribution in [0.2, 0.25) is 0 Å². The van der Waals surface area contributed by atoms with E-state index >= 15 is 0 Å². The summed E-state index contributed by atoms with van der Waals surface area (Å²) in [7, 11) is 0. The van der Waals surface area contributed by atoms with E-state index in [2.05, 4.69) is 33.5 Å². The summed E-state index contributed by atoms with van der Waals surface area (Å²) < 4.78 is 3.01. The third-order valence-corrected chi connectivity index (χ3v) is 4.34. The zero-order valence-corrected chi connectivity index (χ0v) is 11.3. The molecule has 1 atom stereocenters. The van der Waals surface area contributed by atoms with Gasteiger partial charge in [-0.15, -0.1) is 5.10 Å². The van der Waals surface area contributed by atoms with Gasteiger partial charge >= 0.3 is 0 Å². The minimum Gasteiger partial charge on any atom is -0.341 e. The molecule has 2 aliphatic rings. The van der Waals surface area contributed by atoms with E-state index in [4.69, 9.17) is 12.2 Å². The van der Waals surface area contributed by atoms with Crippen LogP contribution in [0.3, 0.4) is 0 Å². The van der Waals surface area contributed by atoms with Crippen molar-refractivity contribution in [3.63, 3.8) is 0 Å². The van der Waals surface area contributed by atoms with Crippen molar-refractivity contribution in [2.75, 3.05) is 18.0 Å². The van der Waals surface area contributed by atoms with E-state index in [0.29, 0.717) is 6.04 Å². The number of anilines is 1. The van der Waals surface area contributed by atoms with Crippen LogP contribution in [0.25, 0.3) is 0 Å². The summed E-state index contributed by atoms with van der Waals surface area (Å²) in [5.74, 6) is 2.63. The van der Waals surface area contributed by atoms with Gasteiger partial charge in [0.15, 0.2) is 4.77 Å². The molecular weight excluding hydrogens is 232 g/mol. The molecule has 1 unspecified atom stereocenters. The van der Waals surface area contributed by atoms with Crippen molar-refractivity contribution < 1.29 is 0 Å². The van der Waals surface area contributed by atoms with Gasteiger partial charge < -0.3 is 4.90 Å². The van der Waals surface area contributed by atoms with Crippen LogP contribution in [0, 0.1) is 16.6 Å². The van der Waals surface area contributed by atoms with Gasteiger partial charge in [-0.05, 0) is 43.3 Å². The first-order valence-electron chi connectivity index (χ1n) is 6.58. The van der Waals surface area contributed by atoms with Crippen molar-refractivity contribution in [3.05, 3.63) is 4.77 Å². The number of nitrogens with zero attached hydrogens (tertiary/aromatic N) is 3. The number of hydrogen-bond acceptors (Lipinski definition) is 3. The molecule has 1 aromatic rings. The molecular formula is C12H20N4S. The molecule has 1 N–H and O–H groups in total. The smallest absolute Gasteiger partial charge is 0.225 e. The molecule has 3 rings (SSSR count). The maximum absolute atomic E-state index is 5.32. The topological polar surface area (TPSA) is 36.9 Å². The highest BCUT2D eigenvalue weighted by molar-refractivity contribution is 7.71. The molecule has 17 heavy (non-hydrogen) atoms. The van der Waals surface area contributed by atoms with Gasteiger partial charge in [-0.3, -0.25) is 4.57 Å². The van der Waals surface area contributed by atoms with Gasteiger partial charge in [0.2, 0.25) is 5.95 Å². The molecule has 0 aromatic carbocycles. The molecule has 0 spiro atoms. The van der Waals surface area contributed by atoms with E-state index in [1.54, 1.807) is 0 Å². The quantitative estimate of drug-likeness (QED) is 0.840. The fourth-order valence-electron chi connectivity index (χ4n) is 2.69. The first-order chi connectivity index (χ1) is 8.16. The van der Waals surface area contributed by atoms with Gasteiger partial charge in [-0.1, -0.05) is 13.8 Å². The molecule has 4 nitrogen and oxygen atoms in total. The van der Waals surface area contributed by atoms with E-state index in [1.807, 2.05) is 0 Å². The van der Waals surface area contributed by atoms with Crippen molar-refractivity contribution in [3.8, 4) is 0 Å². The predicted octanol–water partition coefficient (Wildman–Crippen LogP) is 2.76. The van der Waals surface area contributed by atoms with Crippen molar-refractivity contribution in [1.29, 1.82) is 0 Å². The second-order valence-electron chi connectivity index (χ2n) is 5.67. The van der Waals surface area contributed by atoms with Crippen LogP contribution < -0.4 is 4.90 Å². The molecule has 1 saturated heterocycles. The number of nitrogens with one attached hydrogen (secondary N) is 1. The zero-order valence-electron chi connectivity index (χ0n) is 10.5. The van der Waals surface area contributed by atoms with Crippen molar-refractivity contribution in [2.24, 2.45) is 11.8 Å². The first-order valence-corrected chi connectivity index (χ1v) is 6.99. The molecule has 0 bridgehead atoms. The molecule has 1 aliphatic heterocycles. The number of aromatic amines is 1. The summed E-state index contributed by atoms with van der Waals surface area (Å²) in [6.45, 7) is 6.87. The lowest BCUT2D eigenvalue weighted by Crippen LogP contribution is -2.24. The molecule has 94 valence electrons. The van der Waals surface area contributed by atoms with Gasteiger partial charge in [0.1, 0.15) is 0 Å². The number of H-pyrrole nitrogens is 1. The average molecular weight is 252 g/mol. The Kier molecular flexibility index (Phi) is 2.73. The minimum absolute atomic E-state index is 0.606. The van der Waals surface area contributed by atoms with Crippen LogP contribution in [0.15, 0.2) is 0 Å². The molecule has 5 heteroatoms. The second-order valence-corrected chi connectivity index (χ2v) is 6.06. The highest BCUT2D eigenvalue weighted by Crippen LogP contribution is 2.39. The molecule has 2 fully saturated rings. The molecule has 1 aromatic heterocycles. The fraction of sp³-hybridized carbons (Fsp3) is 0.833. The summed E-state index contributed by atoms with van der Waals surface area (Å²) in [6.07, 6.45) is 3.78. The highest BCUT2D eigenvalue weighted by Gasteiger charge is 2.32. The van der Waals surface area contributed by atoms with Crippen LogP contribution in [-0.2, 0) is 0 Å². The largest absolute Gasteiger partial charge is 0.341 e. The van der Waals surface area contributed by atoms with Gasteiger partial charge in [0, 0.05) is 19.1 Å². The summed E-state index contributed by atoms with van der Waals surface area (Å²) >= 11 is 5.32. The number of aromatic nitrogens is 3. The van der Waals surface area contributed by atoms with Crippen LogP contribution in [-0.4, -0.2) is 27.9 Å². The van der Waals surface area contributed by atoms with Crippen LogP contribution in [0.5, 0.6) is 0 Å². The Balaban J connectivity index is 1.83. The number of hydrogen-bond donors (Lipinski definition) is 1. The van der Waals surface area contributed by atoms with Crippen LogP contribution in [0.4, 0.5) is 5.95 Å². The van der Waals surface area contributed by atoms with E-state index in [0.717, 1.165) is 35.6 Å². The van der Waals surface area contributed by atoms with Gasteiger partial charge in [-0.25, -0.2) is 5.10 Å². The van der Waals surface area contributed by atoms with Crippen LogP contribution in [0.1, 0.15) is 39.2 Å². The lowest BCUT2D eigenvalue weighted by molar-refractivity contribution is 0.422. The standard InChI is InChI=1S/C12H20N4S/c1-8(2)9-5-6-15(7-9)11-13-14-12(17)16(11)10-3-4-10/h8-10H,3-7H2,1-2H3,(H,14,17). The maximum atomic E-state index is 5.32. The fourth-order valence-corrected chi connectivity index (χ4v) is 2.97. The summed E-state index contributed by atoms with van der Waals surface area (Å²) in [4.78, 5) is 2.40. The van der Waals surface area contributed by atoms with E-state index in [-0.39, 0.29) is 0 Å². The van der Waals surface area contributed by atoms with Crippen molar-refractivity contribution in [2.45, 2.75) is 39.2 Å². The van der Waals surface area contributed by atoms with Gasteiger partial charge in [-0.2, -0.15) is 0 Å². The Morgan fingerprint density at radius 3 is 2.71 bits per heavy atom. The Morgan fingerprint density at radius 2 is 2.12 bits per heavy atom. The number of rotatable bonds is 3. The molecule has 0 amide bonds. The Labute approximate surface area is 107 Å². The molecule has 0 radical (unpaired) electrons. The lowest BCUT2D eigenvalue weighted by atomic mass is 9.95. The second kappa shape index (κ2) is 4.12. The summed E-state index contributed by atoms with van der Waals surface area (Å²) in [5, 5.41) is 7.38. The highest BCUT2D eigenvalue weighted by atomic mass is 32.1. The first kappa shape index (κ1) is 11.3. The third kappa shape index (κ3) is 2.01. The van der Waals surface area contributed by atoms with E-state index < -0.39 is 0 Å². The molecule has 2 heterocycles. The summed E-state index contributed by atoms with van der Waals surface area (Å²) in [6, 6.07) is 0.606. The predicted molar refractivity (Wildman–Crippen MR) is 70.8 cm³/mol. The van der Waals surface area contributed by atoms with Gasteiger partial charge in [0.25, 0.3) is 0 Å². The van der Waals surface area contributed by atoms with Gasteiger partial charge in [0.05, 0.1) is 0 Å². The van der Waals surface area contributed by atoms with Crippen LogP contribution >= 0.6 is 12.2 Å². The minimum atomic E-state index is 0.606. The van der Waals surface area contributed by atoms with Crippen molar-refractivity contribution in [1.82, 2.24) is 14.8 Å². The third-order valence-electron chi connectivity index (χ3n) is 4.05. The summed E-state index contributed by atoms with van der Waals surface area (Å²) in [5.41, 5.74) is 0. The maximum Gasteiger partial charge on any atom is 0.225 e. The lowest BCUT2D eigenvalue weighted by Gasteiger charge is -2.19. The van der Waals surface area contributed by atoms with Crippen molar-refractivity contribution >= 4 is 18.2 Å². The van der Waals surface area contributed by atoms with E-state index in [1.165, 1.54) is 19.3 Å².